The van der Waals surface area contributed by atoms with Crippen LogP contribution < -0.4 is 0 Å². The Kier molecular flexibility index (Phi) is 6.34. The Labute approximate surface area is 94.3 Å². The van der Waals surface area contributed by atoms with E-state index in [0.717, 1.165) is 0 Å². The molecule has 0 aliphatic rings. The van der Waals surface area contributed by atoms with Crippen LogP contribution in [0, 0.1) is 11.2 Å². The molecule has 0 saturated carbocycles. The molecule has 0 N–H and O–H groups in total. The van der Waals surface area contributed by atoms with Crippen molar-refractivity contribution in [3.05, 3.63) is 0 Å². The molecule has 0 aromatic rings. The summed E-state index contributed by atoms with van der Waals surface area (Å²) < 4.78 is 15.0. The third-order valence-corrected chi connectivity index (χ3v) is 3.14. The number of hydrogen-bond donors (Lipinski definition) is 0. The highest BCUT2D eigenvalue weighted by Gasteiger charge is 2.25. The molecule has 0 spiro atoms. The summed E-state index contributed by atoms with van der Waals surface area (Å²) in [6, 6.07) is 0. The Bertz CT molecular complexity index is 245. The molecule has 0 radical (unpaired) electrons. The van der Waals surface area contributed by atoms with Crippen LogP contribution in [0.3, 0.4) is 0 Å². The van der Waals surface area contributed by atoms with Crippen LogP contribution in [0.5, 0.6) is 0 Å². The highest BCUT2D eigenvalue weighted by atomic mass is 32.2. The van der Waals surface area contributed by atoms with Gasteiger partial charge in [-0.2, -0.15) is 0 Å². The smallest absolute Gasteiger partial charge is 0.144 e. The molecule has 0 aliphatic heterocycles. The average molecular weight is 231 g/mol. The molecule has 14 heavy (non-hydrogen) atoms. The summed E-state index contributed by atoms with van der Waals surface area (Å²) in [7, 11) is 0. The van der Waals surface area contributed by atoms with Gasteiger partial charge in [-0.25, -0.2) is 0 Å². The van der Waals surface area contributed by atoms with Gasteiger partial charge in [0.2, 0.25) is 0 Å². The van der Waals surface area contributed by atoms with Gasteiger partial charge in [0, 0.05) is 5.25 Å². The molecule has 0 aromatic heterocycles. The Morgan fingerprint density at radius 2 is 2.00 bits per heavy atom. The highest BCUT2D eigenvalue weighted by Crippen LogP contribution is 2.16. The second-order valence-electron chi connectivity index (χ2n) is 4.01. The lowest BCUT2D eigenvalue weighted by atomic mass is 10.3. The van der Waals surface area contributed by atoms with E-state index < -0.39 is 11.4 Å². The first-order chi connectivity index (χ1) is 6.34. The van der Waals surface area contributed by atoms with Gasteiger partial charge in [0.15, 0.2) is 0 Å². The van der Waals surface area contributed by atoms with Gasteiger partial charge in [-0.3, -0.25) is 0 Å². The Balaban J connectivity index is 3.98. The zero-order chi connectivity index (χ0) is 11.2. The summed E-state index contributed by atoms with van der Waals surface area (Å²) in [4.78, 5) is 0. The van der Waals surface area contributed by atoms with E-state index in [0.29, 0.717) is 5.25 Å². The number of rotatable bonds is 2. The van der Waals surface area contributed by atoms with Crippen LogP contribution in [0.2, 0.25) is 0 Å². The molecule has 0 heterocycles. The molecular weight excluding hydrogens is 214 g/mol. The van der Waals surface area contributed by atoms with Crippen molar-refractivity contribution in [1.82, 2.24) is 0 Å². The van der Waals surface area contributed by atoms with Crippen molar-refractivity contribution in [2.75, 3.05) is 0 Å². The third kappa shape index (κ3) is 7.31. The van der Waals surface area contributed by atoms with E-state index in [1.165, 1.54) is 18.0 Å². The van der Waals surface area contributed by atoms with E-state index in [4.69, 9.17) is 0 Å². The predicted octanol–water partition coefficient (Wildman–Crippen LogP) is 2.62. The maximum atomic E-state index is 11.4. The van der Waals surface area contributed by atoms with Gasteiger partial charge in [-0.1, -0.05) is 30.0 Å². The largest absolute Gasteiger partial charge is 0.591 e. The van der Waals surface area contributed by atoms with Crippen molar-refractivity contribution < 1.29 is 4.55 Å². The molecule has 0 bridgehead atoms. The van der Waals surface area contributed by atoms with Crippen LogP contribution in [0.25, 0.3) is 0 Å². The van der Waals surface area contributed by atoms with Gasteiger partial charge in [0.25, 0.3) is 0 Å². The molecule has 0 amide bonds. The van der Waals surface area contributed by atoms with Crippen molar-refractivity contribution in [2.24, 2.45) is 4.40 Å². The fourth-order valence-electron chi connectivity index (χ4n) is 0.411. The summed E-state index contributed by atoms with van der Waals surface area (Å²) in [5.74, 6) is 2.75. The molecule has 80 valence electrons. The minimum Gasteiger partial charge on any atom is -0.591 e. The van der Waals surface area contributed by atoms with Gasteiger partial charge >= 0.3 is 0 Å². The molecule has 0 aliphatic carbocycles. The first kappa shape index (κ1) is 13.9. The van der Waals surface area contributed by atoms with Gasteiger partial charge in [-0.15, -0.1) is 0 Å². The topological polar surface area (TPSA) is 35.4 Å². The molecule has 1 unspecified atom stereocenters. The lowest BCUT2D eigenvalue weighted by Crippen LogP contribution is -2.25. The SMILES string of the molecule is CC(C)SC#C/C=N/[S+]([O-])C(C)(C)C. The molecule has 2 nitrogen and oxygen atoms in total. The molecule has 0 rings (SSSR count). The van der Waals surface area contributed by atoms with Gasteiger partial charge in [0.1, 0.15) is 22.3 Å². The van der Waals surface area contributed by atoms with Gasteiger partial charge in [-0.05, 0) is 31.9 Å². The van der Waals surface area contributed by atoms with Crippen LogP contribution in [-0.2, 0) is 11.4 Å². The van der Waals surface area contributed by atoms with Gasteiger partial charge < -0.3 is 4.55 Å². The minimum atomic E-state index is -1.19. The van der Waals surface area contributed by atoms with E-state index >= 15 is 0 Å². The van der Waals surface area contributed by atoms with E-state index in [-0.39, 0.29) is 4.75 Å². The Morgan fingerprint density at radius 3 is 2.43 bits per heavy atom. The van der Waals surface area contributed by atoms with Crippen molar-refractivity contribution in [3.63, 3.8) is 0 Å². The molecule has 4 heteroatoms. The lowest BCUT2D eigenvalue weighted by Gasteiger charge is -2.17. The summed E-state index contributed by atoms with van der Waals surface area (Å²) >= 11 is 0.345. The van der Waals surface area contributed by atoms with Crippen molar-refractivity contribution in [3.8, 4) is 11.2 Å². The second kappa shape index (κ2) is 6.39. The molecule has 1 atom stereocenters. The quantitative estimate of drug-likeness (QED) is 0.416. The minimum absolute atomic E-state index is 0.302. The van der Waals surface area contributed by atoms with E-state index in [1.54, 1.807) is 0 Å². The summed E-state index contributed by atoms with van der Waals surface area (Å²) in [5.41, 5.74) is 0. The highest BCUT2D eigenvalue weighted by molar-refractivity contribution is 8.04. The number of hydrogen-bond acceptors (Lipinski definition) is 3. The standard InChI is InChI=1S/C10H17NOS2/c1-9(2)13-8-6-7-11-14(12)10(3,4)5/h7,9H,1-5H3/b11-7+. The zero-order valence-electron chi connectivity index (χ0n) is 9.33. The van der Waals surface area contributed by atoms with Gasteiger partial charge in [0.05, 0.1) is 0 Å². The summed E-state index contributed by atoms with van der Waals surface area (Å²) in [6.45, 7) is 9.80. The molecule has 0 fully saturated rings. The monoisotopic (exact) mass is 231 g/mol. The zero-order valence-corrected chi connectivity index (χ0v) is 11.0. The van der Waals surface area contributed by atoms with Crippen LogP contribution in [0.15, 0.2) is 4.40 Å². The first-order valence-electron chi connectivity index (χ1n) is 4.44. The molecular formula is C10H17NOS2. The average Bonchev–Trinajstić information content (AvgIpc) is 2.01. The third-order valence-electron chi connectivity index (χ3n) is 1.09. The van der Waals surface area contributed by atoms with Crippen LogP contribution in [0.4, 0.5) is 0 Å². The maximum absolute atomic E-state index is 11.4. The number of nitrogens with zero attached hydrogens (tertiary/aromatic N) is 1. The van der Waals surface area contributed by atoms with E-state index in [1.807, 2.05) is 20.8 Å². The van der Waals surface area contributed by atoms with Crippen molar-refractivity contribution in [1.29, 1.82) is 0 Å². The molecule has 0 saturated heterocycles. The Morgan fingerprint density at radius 1 is 1.43 bits per heavy atom. The summed E-state index contributed by atoms with van der Waals surface area (Å²) in [5, 5.41) is 3.36. The Hall–Kier alpha value is -0.110. The van der Waals surface area contributed by atoms with E-state index in [2.05, 4.69) is 29.4 Å². The van der Waals surface area contributed by atoms with Crippen molar-refractivity contribution >= 4 is 29.3 Å². The maximum Gasteiger partial charge on any atom is 0.144 e. The number of thioether (sulfide) groups is 1. The van der Waals surface area contributed by atoms with Crippen molar-refractivity contribution in [2.45, 2.75) is 44.6 Å². The summed E-state index contributed by atoms with van der Waals surface area (Å²) in [6.07, 6.45) is 1.43. The normalized spacial score (nSPS) is 14.2. The second-order valence-corrected chi connectivity index (χ2v) is 7.33. The first-order valence-corrected chi connectivity index (χ1v) is 6.43. The van der Waals surface area contributed by atoms with Crippen LogP contribution in [-0.4, -0.2) is 20.8 Å². The van der Waals surface area contributed by atoms with Crippen LogP contribution in [0.1, 0.15) is 34.6 Å². The lowest BCUT2D eigenvalue weighted by molar-refractivity contribution is 0.562. The predicted molar refractivity (Wildman–Crippen MR) is 66.9 cm³/mol. The fourth-order valence-corrected chi connectivity index (χ4v) is 1.23. The molecule has 0 aromatic carbocycles. The van der Waals surface area contributed by atoms with E-state index in [9.17, 15) is 4.55 Å². The van der Waals surface area contributed by atoms with Crippen LogP contribution >= 0.6 is 11.8 Å². The fraction of sp³-hybridized carbons (Fsp3) is 0.700.